The van der Waals surface area contributed by atoms with Gasteiger partial charge in [0, 0.05) is 28.7 Å². The smallest absolute Gasteiger partial charge is 0.267 e. The second kappa shape index (κ2) is 6.87. The summed E-state index contributed by atoms with van der Waals surface area (Å²) in [5.41, 5.74) is 2.30. The number of amides is 1. The summed E-state index contributed by atoms with van der Waals surface area (Å²) < 4.78 is 14.2. The van der Waals surface area contributed by atoms with E-state index in [0.717, 1.165) is 15.6 Å². The third-order valence-corrected chi connectivity index (χ3v) is 4.17. The molecule has 0 radical (unpaired) electrons. The van der Waals surface area contributed by atoms with Gasteiger partial charge in [-0.3, -0.25) is 9.59 Å². The van der Waals surface area contributed by atoms with Gasteiger partial charge in [0.15, 0.2) is 0 Å². The molecule has 7 heteroatoms. The second-order valence-electron chi connectivity index (χ2n) is 6.01. The molecule has 0 saturated carbocycles. The lowest BCUT2D eigenvalue weighted by Gasteiger charge is -2.09. The molecule has 2 heterocycles. The first-order valence-corrected chi connectivity index (χ1v) is 8.30. The summed E-state index contributed by atoms with van der Waals surface area (Å²) >= 11 is 0. The van der Waals surface area contributed by atoms with E-state index in [9.17, 15) is 14.0 Å². The number of carbonyl (C=O) groups excluding carboxylic acids is 1. The molecule has 0 bridgehead atoms. The van der Waals surface area contributed by atoms with E-state index in [1.807, 2.05) is 18.2 Å². The molecular weight excluding hydrogens is 347 g/mol. The monoisotopic (exact) mass is 362 g/mol. The first-order valence-electron chi connectivity index (χ1n) is 8.30. The number of H-pyrrole nitrogens is 1. The number of fused-ring (bicyclic) bond motifs is 1. The fourth-order valence-corrected chi connectivity index (χ4v) is 2.86. The van der Waals surface area contributed by atoms with E-state index in [1.165, 1.54) is 18.2 Å². The van der Waals surface area contributed by atoms with Crippen molar-refractivity contribution < 1.29 is 9.18 Å². The predicted molar refractivity (Wildman–Crippen MR) is 101 cm³/mol. The summed E-state index contributed by atoms with van der Waals surface area (Å²) in [5.74, 6) is -0.722. The third-order valence-electron chi connectivity index (χ3n) is 4.17. The number of carbonyl (C=O) groups is 1. The maximum atomic E-state index is 13.1. The van der Waals surface area contributed by atoms with Crippen LogP contribution in [0.3, 0.4) is 0 Å². The molecule has 2 aromatic heterocycles. The van der Waals surface area contributed by atoms with E-state index in [-0.39, 0.29) is 18.3 Å². The average molecular weight is 362 g/mol. The van der Waals surface area contributed by atoms with Gasteiger partial charge < -0.3 is 10.3 Å². The highest BCUT2D eigenvalue weighted by molar-refractivity contribution is 6.01. The summed E-state index contributed by atoms with van der Waals surface area (Å²) in [6, 6.07) is 16.0. The minimum atomic E-state index is -0.393. The predicted octanol–water partition coefficient (Wildman–Crippen LogP) is 3.17. The largest absolute Gasteiger partial charge is 0.361 e. The van der Waals surface area contributed by atoms with E-state index in [1.54, 1.807) is 30.5 Å². The zero-order chi connectivity index (χ0) is 18.8. The first-order chi connectivity index (χ1) is 13.1. The van der Waals surface area contributed by atoms with Gasteiger partial charge in [-0.15, -0.1) is 0 Å². The normalized spacial score (nSPS) is 10.9. The number of aromatic nitrogens is 3. The van der Waals surface area contributed by atoms with Crippen LogP contribution in [0.4, 0.5) is 10.1 Å². The number of halogens is 1. The van der Waals surface area contributed by atoms with Crippen molar-refractivity contribution in [2.45, 2.75) is 6.54 Å². The summed E-state index contributed by atoms with van der Waals surface area (Å²) in [6.45, 7) is -0.228. The summed E-state index contributed by atoms with van der Waals surface area (Å²) in [7, 11) is 0. The van der Waals surface area contributed by atoms with Crippen LogP contribution >= 0.6 is 0 Å². The summed E-state index contributed by atoms with van der Waals surface area (Å²) in [5, 5.41) is 7.91. The number of aromatic amines is 1. The van der Waals surface area contributed by atoms with Crippen LogP contribution in [-0.2, 0) is 11.3 Å². The van der Waals surface area contributed by atoms with E-state index in [0.29, 0.717) is 16.9 Å². The zero-order valence-electron chi connectivity index (χ0n) is 14.1. The van der Waals surface area contributed by atoms with E-state index < -0.39 is 5.56 Å². The minimum Gasteiger partial charge on any atom is -0.361 e. The van der Waals surface area contributed by atoms with Crippen molar-refractivity contribution in [1.82, 2.24) is 14.8 Å². The van der Waals surface area contributed by atoms with Gasteiger partial charge >= 0.3 is 0 Å². The van der Waals surface area contributed by atoms with Gasteiger partial charge in [-0.05, 0) is 48.5 Å². The van der Waals surface area contributed by atoms with E-state index in [2.05, 4.69) is 15.4 Å². The fourth-order valence-electron chi connectivity index (χ4n) is 2.86. The topological polar surface area (TPSA) is 79.8 Å². The molecule has 6 nitrogen and oxygen atoms in total. The van der Waals surface area contributed by atoms with Crippen LogP contribution in [0.2, 0.25) is 0 Å². The molecule has 134 valence electrons. The van der Waals surface area contributed by atoms with Gasteiger partial charge in [-0.2, -0.15) is 5.10 Å². The Morgan fingerprint density at radius 2 is 1.89 bits per heavy atom. The zero-order valence-corrected chi connectivity index (χ0v) is 14.1. The lowest BCUT2D eigenvalue weighted by molar-refractivity contribution is -0.117. The molecule has 0 atom stereocenters. The number of nitrogens with zero attached hydrogens (tertiary/aromatic N) is 2. The van der Waals surface area contributed by atoms with Gasteiger partial charge in [0.25, 0.3) is 5.56 Å². The third kappa shape index (κ3) is 3.48. The van der Waals surface area contributed by atoms with Crippen molar-refractivity contribution in [3.63, 3.8) is 0 Å². The Bertz CT molecular complexity index is 1180. The molecule has 0 aliphatic heterocycles. The van der Waals surface area contributed by atoms with Gasteiger partial charge in [0.1, 0.15) is 12.4 Å². The van der Waals surface area contributed by atoms with Crippen molar-refractivity contribution in [3.8, 4) is 11.3 Å². The average Bonchev–Trinajstić information content (AvgIpc) is 3.14. The number of rotatable bonds is 4. The molecule has 1 amide bonds. The van der Waals surface area contributed by atoms with Crippen LogP contribution < -0.4 is 10.9 Å². The molecule has 2 N–H and O–H groups in total. The standard InChI is InChI=1S/C20H15FN4O2/c21-14-6-4-13(5-7-14)16-8-9-20(27)25(24-16)12-19(26)23-18-3-1-2-17-15(18)10-11-22-17/h1-11,22H,12H2,(H,23,26). The quantitative estimate of drug-likeness (QED) is 0.585. The Morgan fingerprint density at radius 3 is 2.70 bits per heavy atom. The van der Waals surface area contributed by atoms with Crippen molar-refractivity contribution in [2.75, 3.05) is 5.32 Å². The number of hydrogen-bond donors (Lipinski definition) is 2. The number of benzene rings is 2. The second-order valence-corrected chi connectivity index (χ2v) is 6.01. The molecule has 4 aromatic rings. The van der Waals surface area contributed by atoms with Crippen LogP contribution in [0.25, 0.3) is 22.2 Å². The summed E-state index contributed by atoms with van der Waals surface area (Å²) in [6.07, 6.45) is 1.79. The molecule has 0 aliphatic carbocycles. The Kier molecular flexibility index (Phi) is 4.25. The van der Waals surface area contributed by atoms with Crippen molar-refractivity contribution >= 4 is 22.5 Å². The highest BCUT2D eigenvalue weighted by Crippen LogP contribution is 2.22. The van der Waals surface area contributed by atoms with Gasteiger partial charge in [0.2, 0.25) is 5.91 Å². The maximum absolute atomic E-state index is 13.1. The Balaban J connectivity index is 1.57. The number of anilines is 1. The van der Waals surface area contributed by atoms with E-state index in [4.69, 9.17) is 0 Å². The van der Waals surface area contributed by atoms with Crippen molar-refractivity contribution in [3.05, 3.63) is 83.0 Å². The van der Waals surface area contributed by atoms with Crippen LogP contribution in [0.1, 0.15) is 0 Å². The SMILES string of the molecule is O=C(Cn1nc(-c2ccc(F)cc2)ccc1=O)Nc1cccc2[nH]ccc12. The maximum Gasteiger partial charge on any atom is 0.267 e. The molecule has 27 heavy (non-hydrogen) atoms. The van der Waals surface area contributed by atoms with Crippen LogP contribution in [-0.4, -0.2) is 20.7 Å². The van der Waals surface area contributed by atoms with Crippen LogP contribution in [0.15, 0.2) is 71.7 Å². The van der Waals surface area contributed by atoms with Gasteiger partial charge in [0.05, 0.1) is 11.4 Å². The minimum absolute atomic E-state index is 0.228. The molecular formula is C20H15FN4O2. The van der Waals surface area contributed by atoms with Crippen molar-refractivity contribution in [2.24, 2.45) is 0 Å². The highest BCUT2D eigenvalue weighted by Gasteiger charge is 2.10. The first kappa shape index (κ1) is 16.7. The van der Waals surface area contributed by atoms with Gasteiger partial charge in [-0.1, -0.05) is 6.07 Å². The molecule has 4 rings (SSSR count). The fraction of sp³-hybridized carbons (Fsp3) is 0.0500. The number of hydrogen-bond acceptors (Lipinski definition) is 3. The van der Waals surface area contributed by atoms with Crippen molar-refractivity contribution in [1.29, 1.82) is 0 Å². The highest BCUT2D eigenvalue weighted by atomic mass is 19.1. The molecule has 0 saturated heterocycles. The van der Waals surface area contributed by atoms with Gasteiger partial charge in [-0.25, -0.2) is 9.07 Å². The Hall–Kier alpha value is -3.74. The Morgan fingerprint density at radius 1 is 1.07 bits per heavy atom. The van der Waals surface area contributed by atoms with Crippen LogP contribution in [0, 0.1) is 5.82 Å². The lowest BCUT2D eigenvalue weighted by atomic mass is 10.1. The van der Waals surface area contributed by atoms with Crippen LogP contribution in [0.5, 0.6) is 0 Å². The molecule has 0 aliphatic rings. The lowest BCUT2D eigenvalue weighted by Crippen LogP contribution is -2.29. The van der Waals surface area contributed by atoms with E-state index >= 15 is 0 Å². The summed E-state index contributed by atoms with van der Waals surface area (Å²) in [4.78, 5) is 27.6. The molecule has 0 spiro atoms. The molecule has 2 aromatic carbocycles. The number of nitrogens with one attached hydrogen (secondary N) is 2. The Labute approximate surface area is 153 Å². The molecule has 0 unspecified atom stereocenters. The molecule has 0 fully saturated rings.